The number of benzene rings is 2. The third-order valence-electron chi connectivity index (χ3n) is 8.47. The molecule has 0 bridgehead atoms. The first-order valence-electron chi connectivity index (χ1n) is 21.8. The molecule has 1 heterocycles. The van der Waals surface area contributed by atoms with Crippen LogP contribution in [0.15, 0.2) is 66.7 Å². The van der Waals surface area contributed by atoms with Gasteiger partial charge in [-0.2, -0.15) is 13.2 Å². The van der Waals surface area contributed by atoms with E-state index >= 15 is 0 Å². The number of nitro benzene ring substituents is 2. The number of alkyl halides is 3. The van der Waals surface area contributed by atoms with Crippen molar-refractivity contribution in [1.82, 2.24) is 4.98 Å². The Morgan fingerprint density at radius 3 is 1.42 bits per heavy atom. The van der Waals surface area contributed by atoms with Crippen molar-refractivity contribution in [2.45, 2.75) is 98.6 Å². The molecule has 2 aromatic carbocycles. The molecular weight excluding hydrogens is 991 g/mol. The van der Waals surface area contributed by atoms with Gasteiger partial charge in [-0.15, -0.1) is 0 Å². The van der Waals surface area contributed by atoms with E-state index in [-0.39, 0.29) is 61.8 Å². The summed E-state index contributed by atoms with van der Waals surface area (Å²) < 4.78 is 86.8. The summed E-state index contributed by atoms with van der Waals surface area (Å²) in [6.07, 6.45) is -1.06. The molecular formula is C44H64F3N4O18P2-. The maximum absolute atomic E-state index is 11.8. The summed E-state index contributed by atoms with van der Waals surface area (Å²) in [5.41, 5.74) is 1.79. The Morgan fingerprint density at radius 1 is 0.648 bits per heavy atom. The molecule has 0 aliphatic carbocycles. The summed E-state index contributed by atoms with van der Waals surface area (Å²) >= 11 is 0. The molecule has 22 nitrogen and oxygen atoms in total. The van der Waals surface area contributed by atoms with Gasteiger partial charge in [-0.05, 0) is 87.8 Å². The number of carboxylic acid groups (broad SMARTS) is 1. The number of ether oxygens (including phenoxy) is 2. The highest BCUT2D eigenvalue weighted by molar-refractivity contribution is 7.46. The third-order valence-corrected chi connectivity index (χ3v) is 10.5. The number of rotatable bonds is 25. The van der Waals surface area contributed by atoms with Crippen molar-refractivity contribution in [1.29, 1.82) is 0 Å². The number of halogens is 3. The molecule has 0 saturated heterocycles. The fourth-order valence-corrected chi connectivity index (χ4v) is 6.19. The Labute approximate surface area is 410 Å². The molecule has 3 rings (SSSR count). The first-order valence-corrected chi connectivity index (χ1v) is 24.7. The van der Waals surface area contributed by atoms with Crippen LogP contribution in [0.4, 0.5) is 24.5 Å². The van der Waals surface area contributed by atoms with Crippen molar-refractivity contribution < 1.29 is 93.5 Å². The number of carbonyl (C=O) groups excluding carboxylic acids is 2. The Kier molecular flexibility index (Phi) is 30.3. The number of carboxylic acids is 1. The van der Waals surface area contributed by atoms with E-state index in [1.807, 2.05) is 74.0 Å². The highest BCUT2D eigenvalue weighted by atomic mass is 31.2. The number of esters is 2. The number of pyridine rings is 1. The summed E-state index contributed by atoms with van der Waals surface area (Å²) in [5, 5.41) is 29.2. The quantitative estimate of drug-likeness (QED) is 0.0158. The lowest BCUT2D eigenvalue weighted by Gasteiger charge is -2.27. The van der Waals surface area contributed by atoms with E-state index in [0.29, 0.717) is 56.0 Å². The molecule has 0 radical (unpaired) electrons. The molecule has 2 atom stereocenters. The van der Waals surface area contributed by atoms with Gasteiger partial charge in [0.25, 0.3) is 27.0 Å². The van der Waals surface area contributed by atoms with E-state index < -0.39 is 55.3 Å². The topological polar surface area (TPSA) is 306 Å². The predicted octanol–water partition coefficient (Wildman–Crippen LogP) is 8.60. The number of quaternary nitrogens is 1. The normalized spacial score (nSPS) is 13.0. The summed E-state index contributed by atoms with van der Waals surface area (Å²) in [7, 11) is -2.75. The van der Waals surface area contributed by atoms with E-state index in [1.165, 1.54) is 24.3 Å². The maximum Gasteiger partial charge on any atom is 0.491 e. The Morgan fingerprint density at radius 2 is 1.06 bits per heavy atom. The van der Waals surface area contributed by atoms with Crippen LogP contribution >= 0.6 is 15.6 Å². The molecule has 0 fully saturated rings. The van der Waals surface area contributed by atoms with Gasteiger partial charge in [-0.25, -0.2) is 4.79 Å². The second-order valence-electron chi connectivity index (χ2n) is 17.4. The van der Waals surface area contributed by atoms with Crippen molar-refractivity contribution in [3.8, 4) is 11.5 Å². The van der Waals surface area contributed by atoms with E-state index in [1.54, 1.807) is 0 Å². The van der Waals surface area contributed by atoms with Crippen LogP contribution in [0.2, 0.25) is 0 Å². The van der Waals surface area contributed by atoms with Crippen molar-refractivity contribution >= 4 is 44.9 Å². The molecule has 0 saturated carbocycles. The third kappa shape index (κ3) is 37.3. The molecule has 27 heteroatoms. The van der Waals surface area contributed by atoms with Crippen LogP contribution in [0, 0.1) is 39.5 Å². The number of carbonyl (C=O) groups is 3. The van der Waals surface area contributed by atoms with Crippen LogP contribution in [0.3, 0.4) is 0 Å². The molecule has 1 aromatic heterocycles. The van der Waals surface area contributed by atoms with Gasteiger partial charge in [-0.3, -0.25) is 43.9 Å². The standard InChI is InChI=1S/C17H27N2O8P.C12H25O6P.C8H4F3NO4.C7H9N/c1-19(2,3)12-14-26-28(23,24)25-13-6-4-5-7-17(20)27-16-10-8-15(9-11-16)18(21)22;1-12(2,3)8-10-18-19(15,16)17-9-6-4-5-7-11(13)14;9-8(10,11)7(13)16-6-3-1-5(2-4-6)12(14)15;1-6-4-3-5-7(2)8-6/h8-11H,4-7,12-14H2,1-3H3;4-10H2,1-3H3,(H,13,14)(H,15,16);1-4H;3-5H,1-2H3/p-1. The number of hydrogen-bond acceptors (Lipinski definition) is 18. The van der Waals surface area contributed by atoms with Gasteiger partial charge in [0.2, 0.25) is 0 Å². The SMILES string of the molecule is CC(C)(C)CCOP(=O)([O-])OCCCCCC(=O)O.C[N+](C)(C)CCOP(=O)([O-])OCCCCCC(=O)Oc1ccc([N+](=O)[O-])cc1.Cc1cccc(C)n1.O=C(Oc1ccc([N+](=O)[O-])cc1)C(F)(F)F. The first kappa shape index (κ1) is 65.8. The molecule has 0 spiro atoms. The number of phosphoric acid groups is 2. The number of hydrogen-bond donors (Lipinski definition) is 1. The molecule has 71 heavy (non-hydrogen) atoms. The summed E-state index contributed by atoms with van der Waals surface area (Å²) in [6, 6.07) is 14.9. The number of phosphoric ester groups is 2. The monoisotopic (exact) mass is 1060 g/mol. The number of non-ortho nitro benzene ring substituents is 2. The minimum atomic E-state index is -5.10. The van der Waals surface area contributed by atoms with E-state index in [0.717, 1.165) is 35.7 Å². The Balaban J connectivity index is 0.000000991. The van der Waals surface area contributed by atoms with Gasteiger partial charge in [0.15, 0.2) is 0 Å². The van der Waals surface area contributed by atoms with Gasteiger partial charge in [0, 0.05) is 48.5 Å². The summed E-state index contributed by atoms with van der Waals surface area (Å²) in [5.74, 6) is -3.86. The fourth-order valence-electron chi connectivity index (χ4n) is 4.72. The number of aliphatic carboxylic acids is 1. The van der Waals surface area contributed by atoms with Crippen molar-refractivity contribution in [3.05, 3.63) is 98.3 Å². The lowest BCUT2D eigenvalue weighted by atomic mass is 9.93. The van der Waals surface area contributed by atoms with Gasteiger partial charge in [-0.1, -0.05) is 39.7 Å². The van der Waals surface area contributed by atoms with Gasteiger partial charge < -0.3 is 46.9 Å². The average molecular weight is 1060 g/mol. The van der Waals surface area contributed by atoms with Gasteiger partial charge in [0.05, 0.1) is 50.8 Å². The second kappa shape index (κ2) is 32.7. The zero-order valence-corrected chi connectivity index (χ0v) is 42.7. The number of nitrogens with zero attached hydrogens (tertiary/aromatic N) is 4. The van der Waals surface area contributed by atoms with Crippen LogP contribution in [0.5, 0.6) is 11.5 Å². The summed E-state index contributed by atoms with van der Waals surface area (Å²) in [6.45, 7) is 10.7. The van der Waals surface area contributed by atoms with E-state index in [9.17, 15) is 66.7 Å². The number of unbranched alkanes of at least 4 members (excludes halogenated alkanes) is 4. The van der Waals surface area contributed by atoms with Crippen LogP contribution < -0.4 is 19.3 Å². The van der Waals surface area contributed by atoms with E-state index in [4.69, 9.17) is 23.4 Å². The van der Waals surface area contributed by atoms with Crippen LogP contribution in [0.1, 0.15) is 89.9 Å². The number of aryl methyl sites for hydroxylation is 2. The minimum Gasteiger partial charge on any atom is -0.756 e. The van der Waals surface area contributed by atoms with Crippen LogP contribution in [0.25, 0.3) is 0 Å². The first-order chi connectivity index (χ1) is 32.7. The number of aromatic nitrogens is 1. The Hall–Kier alpha value is -5.23. The molecule has 0 amide bonds. The van der Waals surface area contributed by atoms with Crippen molar-refractivity contribution in [2.24, 2.45) is 5.41 Å². The average Bonchev–Trinajstić information content (AvgIpc) is 3.23. The lowest BCUT2D eigenvalue weighted by Crippen LogP contribution is -2.37. The van der Waals surface area contributed by atoms with Crippen LogP contribution in [-0.4, -0.2) is 103 Å². The van der Waals surface area contributed by atoms with Crippen LogP contribution in [-0.2, 0) is 41.6 Å². The number of likely N-dealkylation sites (N-methyl/N-ethyl adjacent to an activating group) is 1. The lowest BCUT2D eigenvalue weighted by molar-refractivity contribution is -0.870. The van der Waals surface area contributed by atoms with Gasteiger partial charge >= 0.3 is 24.1 Å². The molecule has 400 valence electrons. The predicted molar refractivity (Wildman–Crippen MR) is 248 cm³/mol. The molecule has 3 aromatic rings. The number of nitro groups is 2. The van der Waals surface area contributed by atoms with Crippen molar-refractivity contribution in [2.75, 3.05) is 54.1 Å². The largest absolute Gasteiger partial charge is 0.756 e. The molecule has 2 unspecified atom stereocenters. The smallest absolute Gasteiger partial charge is 0.491 e. The molecule has 1 N–H and O–H groups in total. The Bertz CT molecular complexity index is 2170. The van der Waals surface area contributed by atoms with E-state index in [2.05, 4.69) is 14.2 Å². The molecule has 0 aliphatic rings. The van der Waals surface area contributed by atoms with Crippen molar-refractivity contribution in [3.63, 3.8) is 0 Å². The zero-order valence-electron chi connectivity index (χ0n) is 41.0. The van der Waals surface area contributed by atoms with Gasteiger partial charge in [0.1, 0.15) is 24.7 Å². The maximum atomic E-state index is 11.8. The fraction of sp³-hybridized carbons (Fsp3) is 0.545. The highest BCUT2D eigenvalue weighted by Crippen LogP contribution is 2.40. The second-order valence-corrected chi connectivity index (χ2v) is 20.2. The summed E-state index contributed by atoms with van der Waals surface area (Å²) in [4.78, 5) is 78.9. The molecule has 0 aliphatic heterocycles. The minimum absolute atomic E-state index is 0.0107. The highest BCUT2D eigenvalue weighted by Gasteiger charge is 2.41. The zero-order chi connectivity index (χ0) is 54.5.